The van der Waals surface area contributed by atoms with E-state index in [4.69, 9.17) is 9.47 Å². The van der Waals surface area contributed by atoms with Gasteiger partial charge in [-0.3, -0.25) is 10.1 Å². The van der Waals surface area contributed by atoms with Gasteiger partial charge in [-0.15, -0.1) is 0 Å². The molecule has 148 valence electrons. The maximum absolute atomic E-state index is 12.3. The predicted molar refractivity (Wildman–Crippen MR) is 107 cm³/mol. The number of non-ortho nitro benzene ring substituents is 1. The molecule has 0 N–H and O–H groups in total. The summed E-state index contributed by atoms with van der Waals surface area (Å²) >= 11 is 0. The Bertz CT molecular complexity index is 1020. The van der Waals surface area contributed by atoms with Gasteiger partial charge in [0.05, 0.1) is 42.1 Å². The number of esters is 1. The molecule has 0 atom stereocenters. The van der Waals surface area contributed by atoms with Crippen LogP contribution in [0, 0.1) is 10.1 Å². The second-order valence-corrected chi connectivity index (χ2v) is 6.65. The fraction of sp³-hybridized carbons (Fsp3) is 0.190. The first-order valence-corrected chi connectivity index (χ1v) is 9.07. The first kappa shape index (κ1) is 18.5. The standard InChI is InChI=1S/C21H19N3O5/c1-28-21(25)18-5-4-6-19(20(18)22-11-2-3-12-22)23-13-17(14-23)29-16-9-7-15(8-10-16)24(26)27/h2-12,17H,13-14H2,1H3. The molecule has 0 saturated carbocycles. The van der Waals surface area contributed by atoms with Crippen LogP contribution in [0.3, 0.4) is 0 Å². The highest BCUT2D eigenvalue weighted by molar-refractivity contribution is 5.96. The van der Waals surface area contributed by atoms with Crippen molar-refractivity contribution in [2.75, 3.05) is 25.1 Å². The summed E-state index contributed by atoms with van der Waals surface area (Å²) in [4.78, 5) is 24.7. The van der Waals surface area contributed by atoms with Crippen molar-refractivity contribution in [3.63, 3.8) is 0 Å². The molecule has 1 fully saturated rings. The molecule has 1 aromatic heterocycles. The summed E-state index contributed by atoms with van der Waals surface area (Å²) in [7, 11) is 1.37. The molecule has 3 aromatic rings. The van der Waals surface area contributed by atoms with E-state index in [1.165, 1.54) is 19.2 Å². The fourth-order valence-corrected chi connectivity index (χ4v) is 3.36. The van der Waals surface area contributed by atoms with Crippen molar-refractivity contribution < 1.29 is 19.2 Å². The van der Waals surface area contributed by atoms with Crippen molar-refractivity contribution in [1.82, 2.24) is 4.57 Å². The van der Waals surface area contributed by atoms with E-state index in [1.54, 1.807) is 18.2 Å². The molecule has 2 aromatic carbocycles. The molecule has 1 saturated heterocycles. The van der Waals surface area contributed by atoms with Crippen LogP contribution in [0.1, 0.15) is 10.4 Å². The Balaban J connectivity index is 1.52. The number of nitrogens with zero attached hydrogens (tertiary/aromatic N) is 3. The van der Waals surface area contributed by atoms with E-state index in [0.717, 1.165) is 11.4 Å². The number of rotatable bonds is 6. The number of hydrogen-bond acceptors (Lipinski definition) is 6. The van der Waals surface area contributed by atoms with E-state index in [0.29, 0.717) is 24.4 Å². The Morgan fingerprint density at radius 1 is 1.07 bits per heavy atom. The molecule has 0 bridgehead atoms. The van der Waals surface area contributed by atoms with Gasteiger partial charge in [-0.1, -0.05) is 6.07 Å². The van der Waals surface area contributed by atoms with Crippen molar-refractivity contribution in [3.8, 4) is 11.4 Å². The summed E-state index contributed by atoms with van der Waals surface area (Å²) in [6, 6.07) is 15.4. The minimum Gasteiger partial charge on any atom is -0.487 e. The van der Waals surface area contributed by atoms with Gasteiger partial charge in [-0.05, 0) is 36.4 Å². The van der Waals surface area contributed by atoms with Crippen LogP contribution in [0.4, 0.5) is 11.4 Å². The summed E-state index contributed by atoms with van der Waals surface area (Å²) in [6.07, 6.45) is 3.72. The molecular weight excluding hydrogens is 374 g/mol. The fourth-order valence-electron chi connectivity index (χ4n) is 3.36. The second kappa shape index (κ2) is 7.67. The molecule has 0 spiro atoms. The highest BCUT2D eigenvalue weighted by Gasteiger charge is 2.32. The first-order chi connectivity index (χ1) is 14.1. The second-order valence-electron chi connectivity index (χ2n) is 6.65. The molecule has 0 unspecified atom stereocenters. The average Bonchev–Trinajstić information content (AvgIpc) is 3.24. The predicted octanol–water partition coefficient (Wildman–Crippen LogP) is 3.44. The van der Waals surface area contributed by atoms with Crippen LogP contribution in [0.25, 0.3) is 5.69 Å². The average molecular weight is 393 g/mol. The minimum absolute atomic E-state index is 0.0311. The van der Waals surface area contributed by atoms with Crippen LogP contribution in [-0.2, 0) is 4.74 Å². The first-order valence-electron chi connectivity index (χ1n) is 9.07. The molecule has 29 heavy (non-hydrogen) atoms. The number of ether oxygens (including phenoxy) is 2. The number of anilines is 1. The Morgan fingerprint density at radius 2 is 1.76 bits per heavy atom. The summed E-state index contributed by atoms with van der Waals surface area (Å²) in [5.74, 6) is 0.198. The number of methoxy groups -OCH3 is 1. The lowest BCUT2D eigenvalue weighted by atomic mass is 10.1. The molecule has 8 nitrogen and oxygen atoms in total. The molecule has 0 radical (unpaired) electrons. The smallest absolute Gasteiger partial charge is 0.340 e. The van der Waals surface area contributed by atoms with Gasteiger partial charge in [0, 0.05) is 24.5 Å². The van der Waals surface area contributed by atoms with Crippen molar-refractivity contribution in [2.45, 2.75) is 6.10 Å². The molecule has 2 heterocycles. The Kier molecular flexibility index (Phi) is 4.90. The van der Waals surface area contributed by atoms with Crippen LogP contribution in [0.2, 0.25) is 0 Å². The molecule has 1 aliphatic rings. The number of carbonyl (C=O) groups is 1. The largest absolute Gasteiger partial charge is 0.487 e. The minimum atomic E-state index is -0.439. The lowest BCUT2D eigenvalue weighted by molar-refractivity contribution is -0.384. The highest BCUT2D eigenvalue weighted by atomic mass is 16.6. The number of nitro groups is 1. The van der Waals surface area contributed by atoms with Crippen LogP contribution >= 0.6 is 0 Å². The van der Waals surface area contributed by atoms with Crippen molar-refractivity contribution in [1.29, 1.82) is 0 Å². The van der Waals surface area contributed by atoms with Gasteiger partial charge in [0.1, 0.15) is 11.9 Å². The van der Waals surface area contributed by atoms with E-state index in [-0.39, 0.29) is 11.8 Å². The topological polar surface area (TPSA) is 86.8 Å². The van der Waals surface area contributed by atoms with Gasteiger partial charge in [0.25, 0.3) is 5.69 Å². The van der Waals surface area contributed by atoms with Crippen LogP contribution in [-0.4, -0.2) is 41.8 Å². The van der Waals surface area contributed by atoms with E-state index < -0.39 is 10.9 Å². The van der Waals surface area contributed by atoms with Gasteiger partial charge in [-0.2, -0.15) is 0 Å². The monoisotopic (exact) mass is 393 g/mol. The molecule has 4 rings (SSSR count). The Labute approximate surface area is 167 Å². The van der Waals surface area contributed by atoms with Crippen LogP contribution in [0.15, 0.2) is 67.0 Å². The zero-order valence-corrected chi connectivity index (χ0v) is 15.7. The summed E-state index contributed by atoms with van der Waals surface area (Å²) < 4.78 is 12.7. The third-order valence-corrected chi connectivity index (χ3v) is 4.82. The van der Waals surface area contributed by atoms with Crippen LogP contribution < -0.4 is 9.64 Å². The quantitative estimate of drug-likeness (QED) is 0.362. The van der Waals surface area contributed by atoms with Crippen molar-refractivity contribution in [2.24, 2.45) is 0 Å². The molecular formula is C21H19N3O5. The van der Waals surface area contributed by atoms with Gasteiger partial charge < -0.3 is 18.9 Å². The molecule has 0 amide bonds. The third-order valence-electron chi connectivity index (χ3n) is 4.82. The summed E-state index contributed by atoms with van der Waals surface area (Å²) in [6.45, 7) is 1.27. The Morgan fingerprint density at radius 3 is 2.38 bits per heavy atom. The SMILES string of the molecule is COC(=O)c1cccc(N2CC(Oc3ccc([N+](=O)[O-])cc3)C2)c1-n1cccc1. The number of carbonyl (C=O) groups excluding carboxylic acids is 1. The third kappa shape index (κ3) is 3.64. The number of benzene rings is 2. The van der Waals surface area contributed by atoms with E-state index in [1.807, 2.05) is 41.2 Å². The maximum Gasteiger partial charge on any atom is 0.340 e. The van der Waals surface area contributed by atoms with Gasteiger partial charge >= 0.3 is 5.97 Å². The van der Waals surface area contributed by atoms with E-state index >= 15 is 0 Å². The molecule has 1 aliphatic heterocycles. The maximum atomic E-state index is 12.3. The Hall–Kier alpha value is -3.81. The van der Waals surface area contributed by atoms with Crippen molar-refractivity contribution in [3.05, 3.63) is 82.7 Å². The van der Waals surface area contributed by atoms with Gasteiger partial charge in [0.2, 0.25) is 0 Å². The van der Waals surface area contributed by atoms with Gasteiger partial charge in [0.15, 0.2) is 0 Å². The zero-order chi connectivity index (χ0) is 20.4. The van der Waals surface area contributed by atoms with Crippen molar-refractivity contribution >= 4 is 17.3 Å². The van der Waals surface area contributed by atoms with Gasteiger partial charge in [-0.25, -0.2) is 4.79 Å². The highest BCUT2D eigenvalue weighted by Crippen LogP contribution is 2.33. The lowest BCUT2D eigenvalue weighted by Crippen LogP contribution is -2.54. The normalized spacial score (nSPS) is 13.6. The number of para-hydroxylation sites is 1. The number of aromatic nitrogens is 1. The molecule has 0 aliphatic carbocycles. The van der Waals surface area contributed by atoms with E-state index in [2.05, 4.69) is 4.90 Å². The summed E-state index contributed by atoms with van der Waals surface area (Å²) in [5, 5.41) is 10.8. The van der Waals surface area contributed by atoms with Crippen LogP contribution in [0.5, 0.6) is 5.75 Å². The van der Waals surface area contributed by atoms with E-state index in [9.17, 15) is 14.9 Å². The lowest BCUT2D eigenvalue weighted by Gasteiger charge is -2.41. The molecule has 8 heteroatoms. The number of hydrogen-bond donors (Lipinski definition) is 0. The zero-order valence-electron chi connectivity index (χ0n) is 15.7. The number of nitro benzene ring substituents is 1. The summed E-state index contributed by atoms with van der Waals surface area (Å²) in [5.41, 5.74) is 2.19.